The summed E-state index contributed by atoms with van der Waals surface area (Å²) in [5, 5.41) is 4.66. The van der Waals surface area contributed by atoms with E-state index in [2.05, 4.69) is 10.1 Å². The summed E-state index contributed by atoms with van der Waals surface area (Å²) >= 11 is 5.76. The minimum Gasteiger partial charge on any atom is -0.261 e. The number of halogens is 1. The molecule has 0 saturated carbocycles. The van der Waals surface area contributed by atoms with Crippen molar-refractivity contribution in [2.45, 2.75) is 0 Å². The molecule has 0 bridgehead atoms. The fourth-order valence-electron chi connectivity index (χ4n) is 0.947. The minimum absolute atomic E-state index is 0.614. The second-order valence-electron chi connectivity index (χ2n) is 2.31. The highest BCUT2D eigenvalue weighted by atomic mass is 35.5. The Morgan fingerprint density at radius 3 is 2.92 bits per heavy atom. The summed E-state index contributed by atoms with van der Waals surface area (Å²) in [6, 6.07) is 3.66. The van der Waals surface area contributed by atoms with Gasteiger partial charge in [0.15, 0.2) is 0 Å². The number of hydrogen-bond acceptors (Lipinski definition) is 2. The molecule has 2 aromatic heterocycles. The first kappa shape index (κ1) is 7.31. The number of rotatable bonds is 1. The normalized spacial score (nSPS) is 10.1. The zero-order chi connectivity index (χ0) is 8.39. The van der Waals surface area contributed by atoms with Crippen LogP contribution in [0.3, 0.4) is 0 Å². The summed E-state index contributed by atoms with van der Waals surface area (Å²) in [7, 11) is 0. The van der Waals surface area contributed by atoms with Crippen molar-refractivity contribution in [1.29, 1.82) is 0 Å². The predicted molar refractivity (Wildman–Crippen MR) is 46.4 cm³/mol. The van der Waals surface area contributed by atoms with Crippen LogP contribution in [-0.2, 0) is 0 Å². The van der Waals surface area contributed by atoms with Crippen molar-refractivity contribution in [1.82, 2.24) is 14.8 Å². The van der Waals surface area contributed by atoms with Crippen molar-refractivity contribution in [3.8, 4) is 5.69 Å². The second kappa shape index (κ2) is 2.95. The molecule has 0 spiro atoms. The van der Waals surface area contributed by atoms with Gasteiger partial charge in [-0.1, -0.05) is 11.6 Å². The lowest BCUT2D eigenvalue weighted by Crippen LogP contribution is -1.94. The summed E-state index contributed by atoms with van der Waals surface area (Å²) in [4.78, 5) is 3.95. The number of aromatic nitrogens is 3. The molecule has 12 heavy (non-hydrogen) atoms. The van der Waals surface area contributed by atoms with Crippen LogP contribution in [0.4, 0.5) is 0 Å². The molecule has 0 aliphatic heterocycles. The average Bonchev–Trinajstić information content (AvgIpc) is 2.56. The van der Waals surface area contributed by atoms with Gasteiger partial charge in [-0.3, -0.25) is 4.98 Å². The Labute approximate surface area is 74.6 Å². The number of hydrogen-bond donors (Lipinski definition) is 0. The molecule has 0 fully saturated rings. The topological polar surface area (TPSA) is 30.7 Å². The van der Waals surface area contributed by atoms with Gasteiger partial charge < -0.3 is 0 Å². The van der Waals surface area contributed by atoms with Crippen LogP contribution in [0.5, 0.6) is 0 Å². The Balaban J connectivity index is 2.48. The third-order valence-corrected chi connectivity index (χ3v) is 1.67. The molecule has 0 atom stereocenters. The molecule has 60 valence electrons. The highest BCUT2D eigenvalue weighted by Crippen LogP contribution is 2.11. The first-order chi connectivity index (χ1) is 5.86. The van der Waals surface area contributed by atoms with Crippen LogP contribution in [0.25, 0.3) is 5.69 Å². The van der Waals surface area contributed by atoms with Crippen LogP contribution in [-0.4, -0.2) is 14.8 Å². The average molecular weight is 180 g/mol. The maximum Gasteiger partial charge on any atom is 0.0843 e. The maximum atomic E-state index is 5.76. The molecule has 0 N–H and O–H groups in total. The molecule has 0 amide bonds. The predicted octanol–water partition coefficient (Wildman–Crippen LogP) is 1.92. The molecule has 0 saturated heterocycles. The van der Waals surface area contributed by atoms with Crippen LogP contribution in [0.1, 0.15) is 0 Å². The van der Waals surface area contributed by atoms with Gasteiger partial charge in [0.05, 0.1) is 16.9 Å². The third-order valence-electron chi connectivity index (χ3n) is 1.46. The van der Waals surface area contributed by atoms with E-state index in [1.807, 2.05) is 18.3 Å². The standard InChI is InChI=1S/C8H6ClN3/c9-7-4-8(6-10-5-7)12-3-1-2-11-12/h1-6H. The van der Waals surface area contributed by atoms with Crippen LogP contribution >= 0.6 is 11.6 Å². The van der Waals surface area contributed by atoms with Crippen molar-refractivity contribution in [3.05, 3.63) is 41.9 Å². The minimum atomic E-state index is 0.614. The van der Waals surface area contributed by atoms with Crippen molar-refractivity contribution in [3.63, 3.8) is 0 Å². The Bertz CT molecular complexity index is 370. The lowest BCUT2D eigenvalue weighted by Gasteiger charge is -1.99. The highest BCUT2D eigenvalue weighted by Gasteiger charge is 1.95. The van der Waals surface area contributed by atoms with Gasteiger partial charge in [-0.05, 0) is 12.1 Å². The van der Waals surface area contributed by atoms with Crippen molar-refractivity contribution in [2.75, 3.05) is 0 Å². The molecule has 4 heteroatoms. The lowest BCUT2D eigenvalue weighted by molar-refractivity contribution is 0.874. The SMILES string of the molecule is Clc1cncc(-n2cccn2)c1. The van der Waals surface area contributed by atoms with E-state index < -0.39 is 0 Å². The van der Waals surface area contributed by atoms with Crippen LogP contribution < -0.4 is 0 Å². The van der Waals surface area contributed by atoms with Gasteiger partial charge in [-0.15, -0.1) is 0 Å². The third kappa shape index (κ3) is 1.31. The Kier molecular flexibility index (Phi) is 1.80. The smallest absolute Gasteiger partial charge is 0.0843 e. The zero-order valence-corrected chi connectivity index (χ0v) is 6.94. The van der Waals surface area contributed by atoms with E-state index in [1.54, 1.807) is 23.3 Å². The zero-order valence-electron chi connectivity index (χ0n) is 6.18. The van der Waals surface area contributed by atoms with E-state index in [4.69, 9.17) is 11.6 Å². The highest BCUT2D eigenvalue weighted by molar-refractivity contribution is 6.30. The van der Waals surface area contributed by atoms with Gasteiger partial charge in [0.1, 0.15) is 0 Å². The quantitative estimate of drug-likeness (QED) is 0.670. The summed E-state index contributed by atoms with van der Waals surface area (Å²) in [5.74, 6) is 0. The molecule has 0 aliphatic carbocycles. The van der Waals surface area contributed by atoms with E-state index in [0.717, 1.165) is 5.69 Å². The van der Waals surface area contributed by atoms with E-state index in [0.29, 0.717) is 5.02 Å². The molecule has 0 aliphatic rings. The number of nitrogens with zero attached hydrogens (tertiary/aromatic N) is 3. The molecule has 0 radical (unpaired) electrons. The molecule has 0 unspecified atom stereocenters. The second-order valence-corrected chi connectivity index (χ2v) is 2.75. The monoisotopic (exact) mass is 179 g/mol. The molecule has 2 aromatic rings. The molecule has 2 rings (SSSR count). The van der Waals surface area contributed by atoms with Crippen molar-refractivity contribution in [2.24, 2.45) is 0 Å². The number of pyridine rings is 1. The van der Waals surface area contributed by atoms with Crippen LogP contribution in [0.15, 0.2) is 36.9 Å². The van der Waals surface area contributed by atoms with E-state index in [1.165, 1.54) is 0 Å². The van der Waals surface area contributed by atoms with Gasteiger partial charge in [-0.2, -0.15) is 5.10 Å². The largest absolute Gasteiger partial charge is 0.261 e. The molecule has 3 nitrogen and oxygen atoms in total. The van der Waals surface area contributed by atoms with E-state index in [-0.39, 0.29) is 0 Å². The molecular weight excluding hydrogens is 174 g/mol. The summed E-state index contributed by atoms with van der Waals surface area (Å²) in [5.41, 5.74) is 0.868. The van der Waals surface area contributed by atoms with Gasteiger partial charge in [-0.25, -0.2) is 4.68 Å². The fourth-order valence-corrected chi connectivity index (χ4v) is 1.12. The van der Waals surface area contributed by atoms with Gasteiger partial charge >= 0.3 is 0 Å². The Hall–Kier alpha value is -1.35. The maximum absolute atomic E-state index is 5.76. The van der Waals surface area contributed by atoms with E-state index in [9.17, 15) is 0 Å². The molecular formula is C8H6ClN3. The van der Waals surface area contributed by atoms with Crippen molar-refractivity contribution < 1.29 is 0 Å². The fraction of sp³-hybridized carbons (Fsp3) is 0. The van der Waals surface area contributed by atoms with Gasteiger partial charge in [0, 0.05) is 18.6 Å². The van der Waals surface area contributed by atoms with Gasteiger partial charge in [0.25, 0.3) is 0 Å². The summed E-state index contributed by atoms with van der Waals surface area (Å²) in [6.45, 7) is 0. The first-order valence-electron chi connectivity index (χ1n) is 3.47. The molecule has 2 heterocycles. The Morgan fingerprint density at radius 2 is 2.25 bits per heavy atom. The molecule has 0 aromatic carbocycles. The Morgan fingerprint density at radius 1 is 1.33 bits per heavy atom. The summed E-state index contributed by atoms with van der Waals surface area (Å²) < 4.78 is 1.71. The lowest BCUT2D eigenvalue weighted by atomic mass is 10.4. The van der Waals surface area contributed by atoms with Crippen LogP contribution in [0.2, 0.25) is 5.02 Å². The van der Waals surface area contributed by atoms with Crippen molar-refractivity contribution >= 4 is 11.6 Å². The summed E-state index contributed by atoms with van der Waals surface area (Å²) in [6.07, 6.45) is 6.85. The van der Waals surface area contributed by atoms with E-state index >= 15 is 0 Å². The van der Waals surface area contributed by atoms with Crippen LogP contribution in [0, 0.1) is 0 Å². The van der Waals surface area contributed by atoms with Gasteiger partial charge in [0.2, 0.25) is 0 Å². The first-order valence-corrected chi connectivity index (χ1v) is 3.84.